The van der Waals surface area contributed by atoms with Crippen LogP contribution < -0.4 is 20.4 Å². The predicted molar refractivity (Wildman–Crippen MR) is 131 cm³/mol. The first-order valence-corrected chi connectivity index (χ1v) is 11.3. The summed E-state index contributed by atoms with van der Waals surface area (Å²) in [7, 11) is 2.95. The van der Waals surface area contributed by atoms with Crippen molar-refractivity contribution >= 4 is 22.6 Å². The van der Waals surface area contributed by atoms with Crippen molar-refractivity contribution in [3.05, 3.63) is 64.0 Å². The van der Waals surface area contributed by atoms with Crippen molar-refractivity contribution in [1.29, 1.82) is 0 Å². The molecule has 192 valence electrons. The van der Waals surface area contributed by atoms with Gasteiger partial charge in [0.25, 0.3) is 5.91 Å². The lowest BCUT2D eigenvalue weighted by Gasteiger charge is -2.46. The van der Waals surface area contributed by atoms with Crippen LogP contribution in [0.5, 0.6) is 11.5 Å². The van der Waals surface area contributed by atoms with E-state index >= 15 is 0 Å². The summed E-state index contributed by atoms with van der Waals surface area (Å²) in [5, 5.41) is 24.1. The Hall–Kier alpha value is -3.44. The first-order chi connectivity index (χ1) is 17.1. The SMILES string of the molecule is COc1ccc(C(=O)Nc2cc3ccc(O[C@@H]4OC(C)(C)[C@H](OC)C(O)C4O)c(C)c3oc2=O)cc1. The number of hydrogen-bond acceptors (Lipinski definition) is 9. The number of hydrogen-bond donors (Lipinski definition) is 3. The van der Waals surface area contributed by atoms with E-state index in [1.165, 1.54) is 20.3 Å². The molecule has 3 N–H and O–H groups in total. The van der Waals surface area contributed by atoms with Crippen molar-refractivity contribution in [2.45, 2.75) is 51.0 Å². The number of aliphatic hydroxyl groups excluding tert-OH is 2. The normalized spacial score (nSPS) is 23.3. The average molecular weight is 500 g/mol. The van der Waals surface area contributed by atoms with Crippen LogP contribution in [0, 0.1) is 6.92 Å². The quantitative estimate of drug-likeness (QED) is 0.437. The van der Waals surface area contributed by atoms with Gasteiger partial charge in [-0.2, -0.15) is 0 Å². The third kappa shape index (κ3) is 4.80. The molecule has 0 radical (unpaired) electrons. The number of methoxy groups -OCH3 is 2. The molecule has 1 amide bonds. The lowest BCUT2D eigenvalue weighted by molar-refractivity contribution is -0.306. The summed E-state index contributed by atoms with van der Waals surface area (Å²) in [6, 6.07) is 11.2. The van der Waals surface area contributed by atoms with E-state index in [-0.39, 0.29) is 11.3 Å². The van der Waals surface area contributed by atoms with Crippen LogP contribution in [-0.4, -0.2) is 60.5 Å². The van der Waals surface area contributed by atoms with Gasteiger partial charge in [-0.1, -0.05) is 0 Å². The molecule has 0 spiro atoms. The second kappa shape index (κ2) is 9.90. The minimum absolute atomic E-state index is 0.0158. The Bertz CT molecular complexity index is 1320. The van der Waals surface area contributed by atoms with Crippen molar-refractivity contribution in [3.8, 4) is 11.5 Å². The zero-order valence-corrected chi connectivity index (χ0v) is 20.6. The standard InChI is InChI=1S/C26H29NO9/c1-13-18(34-25-20(29)19(28)22(33-5)26(2,3)36-25)11-8-15-12-17(24(31)35-21(13)15)27-23(30)14-6-9-16(32-4)10-7-14/h6-12,19-20,22,25,28-29H,1-5H3,(H,27,30)/t19?,20?,22-,25-/m1/s1. The summed E-state index contributed by atoms with van der Waals surface area (Å²) < 4.78 is 27.6. The molecule has 10 nitrogen and oxygen atoms in total. The van der Waals surface area contributed by atoms with Gasteiger partial charge in [-0.05, 0) is 63.2 Å². The molecule has 4 atom stereocenters. The zero-order valence-electron chi connectivity index (χ0n) is 20.6. The fourth-order valence-electron chi connectivity index (χ4n) is 4.29. The van der Waals surface area contributed by atoms with E-state index in [9.17, 15) is 19.8 Å². The van der Waals surface area contributed by atoms with E-state index in [4.69, 9.17) is 23.4 Å². The molecule has 1 aliphatic heterocycles. The maximum atomic E-state index is 12.6. The van der Waals surface area contributed by atoms with Crippen molar-refractivity contribution in [2.24, 2.45) is 0 Å². The second-order valence-electron chi connectivity index (χ2n) is 9.08. The number of amides is 1. The molecule has 1 aromatic heterocycles. The topological polar surface area (TPSA) is 137 Å². The molecule has 0 bridgehead atoms. The number of aryl methyl sites for hydroxylation is 1. The minimum atomic E-state index is -1.37. The number of benzene rings is 2. The van der Waals surface area contributed by atoms with E-state index in [1.54, 1.807) is 57.2 Å². The molecule has 0 saturated carbocycles. The first-order valence-electron chi connectivity index (χ1n) is 11.3. The highest BCUT2D eigenvalue weighted by atomic mass is 16.7. The van der Waals surface area contributed by atoms with Crippen molar-refractivity contribution < 1.29 is 38.4 Å². The van der Waals surface area contributed by atoms with Crippen LogP contribution in [0.15, 0.2) is 51.7 Å². The molecule has 2 unspecified atom stereocenters. The summed E-state index contributed by atoms with van der Waals surface area (Å²) in [5.41, 5.74) is -0.612. The zero-order chi connectivity index (χ0) is 26.2. The maximum Gasteiger partial charge on any atom is 0.360 e. The molecule has 4 rings (SSSR count). The monoisotopic (exact) mass is 499 g/mol. The van der Waals surface area contributed by atoms with E-state index in [1.807, 2.05) is 0 Å². The Labute approximate surface area is 207 Å². The highest BCUT2D eigenvalue weighted by molar-refractivity contribution is 6.04. The Kier molecular flexibility index (Phi) is 7.05. The molecule has 1 aliphatic rings. The van der Waals surface area contributed by atoms with Crippen molar-refractivity contribution in [3.63, 3.8) is 0 Å². The summed E-state index contributed by atoms with van der Waals surface area (Å²) in [4.78, 5) is 25.2. The van der Waals surface area contributed by atoms with Crippen molar-refractivity contribution in [1.82, 2.24) is 0 Å². The summed E-state index contributed by atoms with van der Waals surface area (Å²) >= 11 is 0. The van der Waals surface area contributed by atoms with E-state index in [2.05, 4.69) is 5.32 Å². The lowest BCUT2D eigenvalue weighted by atomic mass is 9.89. The molecule has 10 heteroatoms. The van der Waals surface area contributed by atoms with Crippen LogP contribution in [0.25, 0.3) is 11.0 Å². The Morgan fingerprint density at radius 2 is 1.75 bits per heavy atom. The third-order valence-electron chi connectivity index (χ3n) is 6.24. The number of nitrogens with one attached hydrogen (secondary N) is 1. The average Bonchev–Trinajstić information content (AvgIpc) is 2.85. The summed E-state index contributed by atoms with van der Waals surface area (Å²) in [5.74, 6) is 0.427. The third-order valence-corrected chi connectivity index (χ3v) is 6.24. The number of fused-ring (bicyclic) bond motifs is 1. The van der Waals surface area contributed by atoms with Gasteiger partial charge in [0.1, 0.15) is 41.1 Å². The highest BCUT2D eigenvalue weighted by Gasteiger charge is 2.50. The van der Waals surface area contributed by atoms with E-state index in [0.717, 1.165) is 0 Å². The first kappa shape index (κ1) is 25.6. The van der Waals surface area contributed by atoms with Gasteiger partial charge in [0.15, 0.2) is 0 Å². The van der Waals surface area contributed by atoms with Crippen LogP contribution in [0.1, 0.15) is 29.8 Å². The molecule has 1 saturated heterocycles. The van der Waals surface area contributed by atoms with Gasteiger partial charge in [-0.3, -0.25) is 4.79 Å². The molecule has 3 aromatic rings. The molecular formula is C26H29NO9. The minimum Gasteiger partial charge on any atom is -0.497 e. The largest absolute Gasteiger partial charge is 0.497 e. The van der Waals surface area contributed by atoms with E-state index in [0.29, 0.717) is 28.0 Å². The van der Waals surface area contributed by atoms with Crippen molar-refractivity contribution in [2.75, 3.05) is 19.5 Å². The van der Waals surface area contributed by atoms with Crippen LogP contribution in [0.4, 0.5) is 5.69 Å². The van der Waals surface area contributed by atoms with Gasteiger partial charge in [0.2, 0.25) is 6.29 Å². The fourth-order valence-corrected chi connectivity index (χ4v) is 4.29. The summed E-state index contributed by atoms with van der Waals surface area (Å²) in [6.45, 7) is 5.13. The summed E-state index contributed by atoms with van der Waals surface area (Å²) in [6.07, 6.45) is -4.55. The number of aliphatic hydroxyl groups is 2. The molecule has 36 heavy (non-hydrogen) atoms. The molecule has 2 aromatic carbocycles. The Morgan fingerprint density at radius 3 is 2.39 bits per heavy atom. The molecular weight excluding hydrogens is 470 g/mol. The fraction of sp³-hybridized carbons (Fsp3) is 0.385. The van der Waals surface area contributed by atoms with Crippen LogP contribution in [-0.2, 0) is 9.47 Å². The molecule has 1 fully saturated rings. The Morgan fingerprint density at radius 1 is 1.06 bits per heavy atom. The van der Waals surface area contributed by atoms with Gasteiger partial charge in [-0.25, -0.2) is 4.79 Å². The number of carbonyl (C=O) groups is 1. The molecule has 0 aliphatic carbocycles. The number of rotatable bonds is 6. The smallest absolute Gasteiger partial charge is 0.360 e. The highest BCUT2D eigenvalue weighted by Crippen LogP contribution is 2.35. The van der Waals surface area contributed by atoms with Crippen LogP contribution in [0.3, 0.4) is 0 Å². The van der Waals surface area contributed by atoms with Gasteiger partial charge < -0.3 is 38.9 Å². The van der Waals surface area contributed by atoms with Gasteiger partial charge in [0.05, 0.1) is 12.7 Å². The predicted octanol–water partition coefficient (Wildman–Crippen LogP) is 2.61. The maximum absolute atomic E-state index is 12.6. The number of carbonyl (C=O) groups excluding carboxylic acids is 1. The van der Waals surface area contributed by atoms with Gasteiger partial charge in [-0.15, -0.1) is 0 Å². The van der Waals surface area contributed by atoms with Crippen LogP contribution >= 0.6 is 0 Å². The Balaban J connectivity index is 1.58. The van der Waals surface area contributed by atoms with Crippen LogP contribution in [0.2, 0.25) is 0 Å². The number of ether oxygens (including phenoxy) is 4. The van der Waals surface area contributed by atoms with Gasteiger partial charge in [0, 0.05) is 23.6 Å². The van der Waals surface area contributed by atoms with E-state index < -0.39 is 41.7 Å². The molecule has 2 heterocycles. The lowest BCUT2D eigenvalue weighted by Crippen LogP contribution is -2.63. The number of anilines is 1. The van der Waals surface area contributed by atoms with Gasteiger partial charge >= 0.3 is 5.63 Å². The second-order valence-corrected chi connectivity index (χ2v) is 9.08.